The van der Waals surface area contributed by atoms with Crippen LogP contribution in [-0.4, -0.2) is 0 Å². The molecule has 0 aliphatic heterocycles. The summed E-state index contributed by atoms with van der Waals surface area (Å²) in [5.41, 5.74) is 0.810. The Morgan fingerprint density at radius 1 is 1.19 bits per heavy atom. The van der Waals surface area contributed by atoms with E-state index in [-0.39, 0.29) is 5.82 Å². The van der Waals surface area contributed by atoms with E-state index in [1.807, 2.05) is 52.9 Å². The van der Waals surface area contributed by atoms with Crippen molar-refractivity contribution in [3.05, 3.63) is 45.5 Å². The maximum absolute atomic E-state index is 14.0. The fourth-order valence-electron chi connectivity index (χ4n) is 1.79. The Kier molecular flexibility index (Phi) is 2.50. The number of benzene rings is 1. The first kappa shape index (κ1) is 10.3. The van der Waals surface area contributed by atoms with Gasteiger partial charge in [-0.1, -0.05) is 30.3 Å². The molecular weight excluding hydrogens is 318 g/mol. The Hall–Kier alpha value is -0.840. The standard InChI is InChI=1S/C13H10FIO/c14-10-11(15)13(9-6-7-9)16-12(10)8-4-2-1-3-5-8/h1-5,9H,6-7H2. The van der Waals surface area contributed by atoms with Crippen LogP contribution in [0.15, 0.2) is 34.7 Å². The Bertz CT molecular complexity index is 514. The van der Waals surface area contributed by atoms with Gasteiger partial charge in [-0.2, -0.15) is 0 Å². The van der Waals surface area contributed by atoms with Gasteiger partial charge in [0.25, 0.3) is 0 Å². The smallest absolute Gasteiger partial charge is 0.183 e. The molecule has 0 atom stereocenters. The molecule has 82 valence electrons. The first-order chi connectivity index (χ1) is 7.77. The molecule has 1 saturated carbocycles. The molecule has 0 saturated heterocycles. The van der Waals surface area contributed by atoms with Gasteiger partial charge in [0.15, 0.2) is 11.6 Å². The quantitative estimate of drug-likeness (QED) is 0.736. The Balaban J connectivity index is 2.11. The van der Waals surface area contributed by atoms with Crippen molar-refractivity contribution in [2.24, 2.45) is 0 Å². The molecule has 1 fully saturated rings. The fourth-order valence-corrected chi connectivity index (χ4v) is 2.59. The third kappa shape index (κ3) is 1.67. The summed E-state index contributed by atoms with van der Waals surface area (Å²) < 4.78 is 20.3. The van der Waals surface area contributed by atoms with Gasteiger partial charge < -0.3 is 4.42 Å². The van der Waals surface area contributed by atoms with Gasteiger partial charge in [-0.3, -0.25) is 0 Å². The van der Waals surface area contributed by atoms with Crippen molar-refractivity contribution in [2.75, 3.05) is 0 Å². The van der Waals surface area contributed by atoms with Crippen LogP contribution in [0.5, 0.6) is 0 Å². The highest BCUT2D eigenvalue weighted by atomic mass is 127. The van der Waals surface area contributed by atoms with Crippen LogP contribution in [0.25, 0.3) is 11.3 Å². The predicted molar refractivity (Wildman–Crippen MR) is 68.8 cm³/mol. The van der Waals surface area contributed by atoms with E-state index >= 15 is 0 Å². The third-order valence-corrected chi connectivity index (χ3v) is 3.81. The molecule has 1 nitrogen and oxygen atoms in total. The lowest BCUT2D eigenvalue weighted by Gasteiger charge is -1.95. The van der Waals surface area contributed by atoms with E-state index in [1.165, 1.54) is 0 Å². The molecule has 3 heteroatoms. The average Bonchev–Trinajstić information content (AvgIpc) is 3.10. The molecule has 0 N–H and O–H groups in total. The van der Waals surface area contributed by atoms with E-state index in [0.29, 0.717) is 15.2 Å². The molecular formula is C13H10FIO. The van der Waals surface area contributed by atoms with Gasteiger partial charge in [-0.05, 0) is 35.4 Å². The van der Waals surface area contributed by atoms with Crippen LogP contribution in [0.2, 0.25) is 0 Å². The lowest BCUT2D eigenvalue weighted by Crippen LogP contribution is -1.80. The molecule has 3 rings (SSSR count). The van der Waals surface area contributed by atoms with Crippen LogP contribution in [0.3, 0.4) is 0 Å². The van der Waals surface area contributed by atoms with Crippen LogP contribution in [-0.2, 0) is 0 Å². The highest BCUT2D eigenvalue weighted by molar-refractivity contribution is 14.1. The minimum absolute atomic E-state index is 0.214. The molecule has 1 heterocycles. The Morgan fingerprint density at radius 2 is 1.88 bits per heavy atom. The third-order valence-electron chi connectivity index (χ3n) is 2.80. The highest BCUT2D eigenvalue weighted by Gasteiger charge is 2.32. The summed E-state index contributed by atoms with van der Waals surface area (Å²) in [5.74, 6) is 1.44. The lowest BCUT2D eigenvalue weighted by atomic mass is 10.2. The van der Waals surface area contributed by atoms with E-state index in [4.69, 9.17) is 4.42 Å². The minimum Gasteiger partial charge on any atom is -0.456 e. The zero-order valence-corrected chi connectivity index (χ0v) is 10.7. The second-order valence-corrected chi connectivity index (χ2v) is 5.14. The molecule has 16 heavy (non-hydrogen) atoms. The van der Waals surface area contributed by atoms with Crippen molar-refractivity contribution in [2.45, 2.75) is 18.8 Å². The summed E-state index contributed by atoms with van der Waals surface area (Å²) in [5, 5.41) is 0. The van der Waals surface area contributed by atoms with Crippen LogP contribution < -0.4 is 0 Å². The summed E-state index contributed by atoms with van der Waals surface area (Å²) in [6, 6.07) is 9.43. The minimum atomic E-state index is -0.214. The van der Waals surface area contributed by atoms with E-state index in [0.717, 1.165) is 24.2 Å². The van der Waals surface area contributed by atoms with Gasteiger partial charge in [0.2, 0.25) is 0 Å². The maximum atomic E-state index is 14.0. The Morgan fingerprint density at radius 3 is 2.50 bits per heavy atom. The van der Waals surface area contributed by atoms with E-state index < -0.39 is 0 Å². The van der Waals surface area contributed by atoms with Crippen LogP contribution >= 0.6 is 22.6 Å². The number of furan rings is 1. The van der Waals surface area contributed by atoms with Crippen molar-refractivity contribution in [1.82, 2.24) is 0 Å². The number of hydrogen-bond donors (Lipinski definition) is 0. The van der Waals surface area contributed by atoms with Crippen LogP contribution in [0.4, 0.5) is 4.39 Å². The SMILES string of the molecule is Fc1c(-c2ccccc2)oc(C2CC2)c1I. The van der Waals surface area contributed by atoms with Gasteiger partial charge in [-0.15, -0.1) is 0 Å². The number of halogens is 2. The lowest BCUT2D eigenvalue weighted by molar-refractivity contribution is 0.510. The predicted octanol–water partition coefficient (Wildman–Crippen LogP) is 4.57. The summed E-state index contributed by atoms with van der Waals surface area (Å²) in [7, 11) is 0. The van der Waals surface area contributed by atoms with Crippen molar-refractivity contribution in [3.8, 4) is 11.3 Å². The van der Waals surface area contributed by atoms with Crippen molar-refractivity contribution >= 4 is 22.6 Å². The zero-order valence-electron chi connectivity index (χ0n) is 8.54. The van der Waals surface area contributed by atoms with Gasteiger partial charge in [-0.25, -0.2) is 4.39 Å². The summed E-state index contributed by atoms with van der Waals surface area (Å²) in [4.78, 5) is 0. The van der Waals surface area contributed by atoms with Gasteiger partial charge in [0.05, 0.1) is 3.57 Å². The monoisotopic (exact) mass is 328 g/mol. The van der Waals surface area contributed by atoms with E-state index in [9.17, 15) is 4.39 Å². The van der Waals surface area contributed by atoms with E-state index in [2.05, 4.69) is 0 Å². The molecule has 1 aliphatic carbocycles. The average molecular weight is 328 g/mol. The molecule has 0 spiro atoms. The summed E-state index contributed by atoms with van der Waals surface area (Å²) in [6.45, 7) is 0. The molecule has 0 amide bonds. The van der Waals surface area contributed by atoms with Crippen LogP contribution in [0, 0.1) is 9.39 Å². The fraction of sp³-hybridized carbons (Fsp3) is 0.231. The Labute approximate surface area is 107 Å². The molecule has 0 bridgehead atoms. The highest BCUT2D eigenvalue weighted by Crippen LogP contribution is 2.45. The second-order valence-electron chi connectivity index (χ2n) is 4.06. The molecule has 1 aromatic carbocycles. The van der Waals surface area contributed by atoms with Gasteiger partial charge in [0, 0.05) is 11.5 Å². The number of rotatable bonds is 2. The number of hydrogen-bond acceptors (Lipinski definition) is 1. The van der Waals surface area contributed by atoms with Crippen molar-refractivity contribution in [3.63, 3.8) is 0 Å². The van der Waals surface area contributed by atoms with Gasteiger partial charge in [0.1, 0.15) is 5.76 Å². The molecule has 0 radical (unpaired) electrons. The zero-order chi connectivity index (χ0) is 11.1. The first-order valence-corrected chi connectivity index (χ1v) is 6.38. The molecule has 0 unspecified atom stereocenters. The summed E-state index contributed by atoms with van der Waals surface area (Å²) in [6.07, 6.45) is 2.24. The van der Waals surface area contributed by atoms with Gasteiger partial charge >= 0.3 is 0 Å². The van der Waals surface area contributed by atoms with Crippen LogP contribution in [0.1, 0.15) is 24.5 Å². The normalized spacial score (nSPS) is 15.4. The summed E-state index contributed by atoms with van der Waals surface area (Å²) >= 11 is 2.04. The largest absolute Gasteiger partial charge is 0.456 e. The molecule has 1 aliphatic rings. The second kappa shape index (κ2) is 3.87. The molecule has 1 aromatic heterocycles. The van der Waals surface area contributed by atoms with Crippen molar-refractivity contribution in [1.29, 1.82) is 0 Å². The van der Waals surface area contributed by atoms with Crippen molar-refractivity contribution < 1.29 is 8.81 Å². The van der Waals surface area contributed by atoms with E-state index in [1.54, 1.807) is 0 Å². The maximum Gasteiger partial charge on any atom is 0.183 e. The topological polar surface area (TPSA) is 13.1 Å². The first-order valence-electron chi connectivity index (χ1n) is 5.30. The molecule has 2 aromatic rings.